The zero-order chi connectivity index (χ0) is 34.1. The van der Waals surface area contributed by atoms with Crippen LogP contribution in [0.3, 0.4) is 0 Å². The van der Waals surface area contributed by atoms with Crippen LogP contribution in [0.1, 0.15) is 83.3 Å². The molecule has 1 spiro atoms. The number of methoxy groups -OCH3 is 1. The Hall–Kier alpha value is -4.32. The van der Waals surface area contributed by atoms with Crippen LogP contribution in [0.5, 0.6) is 5.88 Å². The molecule has 1 aromatic heterocycles. The van der Waals surface area contributed by atoms with E-state index < -0.39 is 21.0 Å². The summed E-state index contributed by atoms with van der Waals surface area (Å²) in [7, 11) is -2.75. The molecular formula is C36H44N6O5S. The Bertz CT molecular complexity index is 1850. The normalized spacial score (nSPS) is 18.5. The second kappa shape index (κ2) is 13.3. The highest BCUT2D eigenvalue weighted by atomic mass is 32.2. The maximum atomic E-state index is 13.9. The Kier molecular flexibility index (Phi) is 9.30. The van der Waals surface area contributed by atoms with Crippen molar-refractivity contribution in [2.75, 3.05) is 18.4 Å². The van der Waals surface area contributed by atoms with E-state index in [0.29, 0.717) is 30.8 Å². The fourth-order valence-corrected chi connectivity index (χ4v) is 8.31. The molecule has 1 aliphatic carbocycles. The van der Waals surface area contributed by atoms with Gasteiger partial charge in [0.2, 0.25) is 11.7 Å². The van der Waals surface area contributed by atoms with Gasteiger partial charge in [-0.25, -0.2) is 18.4 Å². The lowest BCUT2D eigenvalue weighted by atomic mass is 9.92. The van der Waals surface area contributed by atoms with Crippen LogP contribution in [-0.2, 0) is 32.7 Å². The molecule has 3 heterocycles. The minimum atomic E-state index is -4.14. The van der Waals surface area contributed by atoms with Gasteiger partial charge in [-0.1, -0.05) is 76.4 Å². The number of nitrogens with one attached hydrogen (secondary N) is 1. The lowest BCUT2D eigenvalue weighted by Crippen LogP contribution is -2.40. The summed E-state index contributed by atoms with van der Waals surface area (Å²) in [4.78, 5) is 44.3. The summed E-state index contributed by atoms with van der Waals surface area (Å²) in [5.41, 5.74) is 1.75. The zero-order valence-corrected chi connectivity index (χ0v) is 29.0. The van der Waals surface area contributed by atoms with Crippen LogP contribution in [0, 0.1) is 5.41 Å². The topological polar surface area (TPSA) is 134 Å². The molecule has 2 aliphatic heterocycles. The summed E-state index contributed by atoms with van der Waals surface area (Å²) in [6, 6.07) is 12.6. The van der Waals surface area contributed by atoms with Crippen LogP contribution in [0.2, 0.25) is 0 Å². The van der Waals surface area contributed by atoms with Crippen LogP contribution < -0.4 is 9.46 Å². The van der Waals surface area contributed by atoms with Gasteiger partial charge in [-0.2, -0.15) is 0 Å². The highest BCUT2D eigenvalue weighted by Gasteiger charge is 2.49. The van der Waals surface area contributed by atoms with Crippen molar-refractivity contribution in [1.29, 1.82) is 0 Å². The van der Waals surface area contributed by atoms with Gasteiger partial charge in [-0.15, -0.1) is 0 Å². The van der Waals surface area contributed by atoms with Crippen molar-refractivity contribution >= 4 is 33.5 Å². The first-order chi connectivity index (χ1) is 23.0. The molecule has 0 atom stereocenters. The molecule has 3 aliphatic rings. The molecule has 11 nitrogen and oxygen atoms in total. The number of nitrogens with zero attached hydrogens (tertiary/aromatic N) is 5. The Morgan fingerprint density at radius 1 is 0.938 bits per heavy atom. The Morgan fingerprint density at radius 2 is 1.69 bits per heavy atom. The molecule has 1 saturated carbocycles. The molecule has 1 N–H and O–H groups in total. The number of carbonyl (C=O) groups excluding carboxylic acids is 2. The quantitative estimate of drug-likeness (QED) is 0.251. The smallest absolute Gasteiger partial charge is 0.263 e. The van der Waals surface area contributed by atoms with Gasteiger partial charge in [0.15, 0.2) is 0 Å². The zero-order valence-electron chi connectivity index (χ0n) is 28.2. The van der Waals surface area contributed by atoms with Gasteiger partial charge < -0.3 is 9.64 Å². The molecule has 3 aromatic rings. The number of aromatic nitrogens is 2. The summed E-state index contributed by atoms with van der Waals surface area (Å²) in [5.74, 6) is 1.02. The van der Waals surface area contributed by atoms with Crippen molar-refractivity contribution in [3.63, 3.8) is 0 Å². The standard InChI is InChI=1S/C36H44N6O5S/c1-5-6-13-30-39-36(16-9-10-17-36)34(44)42(30)23-25-14-15-27(26(22-25)24-41-21-18-35(2,3)33(41)43)28-11-7-8-12-29(28)48(45,46)40-31-32(47-4)38-20-19-37-31/h7-8,11-12,14-15,19-20,22H,5-6,9-10,13,16-18,21,23-24H2,1-4H3,(H,37,40). The maximum absolute atomic E-state index is 13.9. The largest absolute Gasteiger partial charge is 0.478 e. The molecule has 48 heavy (non-hydrogen) atoms. The Balaban J connectivity index is 1.39. The number of amidine groups is 1. The first kappa shape index (κ1) is 33.6. The van der Waals surface area contributed by atoms with Crippen molar-refractivity contribution < 1.29 is 22.7 Å². The highest BCUT2D eigenvalue weighted by Crippen LogP contribution is 2.41. The molecule has 6 rings (SSSR count). The molecule has 0 bridgehead atoms. The van der Waals surface area contributed by atoms with E-state index in [1.165, 1.54) is 19.5 Å². The second-order valence-corrected chi connectivity index (χ2v) is 15.3. The molecule has 254 valence electrons. The van der Waals surface area contributed by atoms with Crippen LogP contribution in [0.15, 0.2) is 64.7 Å². The third-order valence-corrected chi connectivity index (χ3v) is 11.2. The number of hydrogen-bond acceptors (Lipinski definition) is 8. The van der Waals surface area contributed by atoms with Crippen LogP contribution in [0.4, 0.5) is 5.82 Å². The third kappa shape index (κ3) is 6.42. The predicted molar refractivity (Wildman–Crippen MR) is 184 cm³/mol. The molecule has 2 amide bonds. The molecule has 1 saturated heterocycles. The number of aliphatic imine (C=N–C) groups is 1. The number of likely N-dealkylation sites (tertiary alicyclic amines) is 1. The highest BCUT2D eigenvalue weighted by molar-refractivity contribution is 7.92. The molecular weight excluding hydrogens is 628 g/mol. The van der Waals surface area contributed by atoms with Gasteiger partial charge in [0.05, 0.1) is 18.6 Å². The number of ether oxygens (including phenoxy) is 1. The van der Waals surface area contributed by atoms with E-state index in [4.69, 9.17) is 9.73 Å². The van der Waals surface area contributed by atoms with Gasteiger partial charge in [0.1, 0.15) is 11.4 Å². The van der Waals surface area contributed by atoms with E-state index in [0.717, 1.165) is 68.3 Å². The fourth-order valence-electron chi connectivity index (χ4n) is 7.08. The van der Waals surface area contributed by atoms with E-state index in [2.05, 4.69) is 21.6 Å². The fraction of sp³-hybridized carbons (Fsp3) is 0.472. The summed E-state index contributed by atoms with van der Waals surface area (Å²) >= 11 is 0. The Morgan fingerprint density at radius 3 is 2.40 bits per heavy atom. The summed E-state index contributed by atoms with van der Waals surface area (Å²) < 4.78 is 35.5. The van der Waals surface area contributed by atoms with Crippen LogP contribution >= 0.6 is 0 Å². The third-order valence-electron chi connectivity index (χ3n) is 9.78. The van der Waals surface area contributed by atoms with Crippen molar-refractivity contribution in [2.24, 2.45) is 10.4 Å². The lowest BCUT2D eigenvalue weighted by Gasteiger charge is -2.25. The number of rotatable bonds is 12. The van der Waals surface area contributed by atoms with Gasteiger partial charge >= 0.3 is 0 Å². The first-order valence-corrected chi connectivity index (χ1v) is 18.3. The van der Waals surface area contributed by atoms with Crippen molar-refractivity contribution in [3.05, 3.63) is 66.0 Å². The van der Waals surface area contributed by atoms with Crippen molar-refractivity contribution in [1.82, 2.24) is 19.8 Å². The number of amides is 2. The number of benzene rings is 2. The monoisotopic (exact) mass is 672 g/mol. The van der Waals surface area contributed by atoms with Gasteiger partial charge in [-0.05, 0) is 48.4 Å². The van der Waals surface area contributed by atoms with Crippen LogP contribution in [0.25, 0.3) is 11.1 Å². The summed E-state index contributed by atoms with van der Waals surface area (Å²) in [5, 5.41) is 0. The molecule has 12 heteroatoms. The number of sulfonamides is 1. The summed E-state index contributed by atoms with van der Waals surface area (Å²) in [6.45, 7) is 7.32. The van der Waals surface area contributed by atoms with E-state index in [1.54, 1.807) is 24.3 Å². The van der Waals surface area contributed by atoms with Gasteiger partial charge in [0, 0.05) is 42.9 Å². The average Bonchev–Trinajstić information content (AvgIpc) is 3.73. The molecule has 0 radical (unpaired) electrons. The Labute approximate surface area is 282 Å². The lowest BCUT2D eigenvalue weighted by molar-refractivity contribution is -0.135. The minimum Gasteiger partial charge on any atom is -0.478 e. The van der Waals surface area contributed by atoms with E-state index >= 15 is 0 Å². The van der Waals surface area contributed by atoms with Crippen LogP contribution in [-0.4, -0.2) is 65.0 Å². The number of anilines is 1. The van der Waals surface area contributed by atoms with E-state index in [-0.39, 0.29) is 28.4 Å². The van der Waals surface area contributed by atoms with Gasteiger partial charge in [0.25, 0.3) is 21.8 Å². The average molecular weight is 673 g/mol. The predicted octanol–water partition coefficient (Wildman–Crippen LogP) is 5.96. The van der Waals surface area contributed by atoms with Gasteiger partial charge in [-0.3, -0.25) is 24.2 Å². The minimum absolute atomic E-state index is 0.0221. The molecule has 2 aromatic carbocycles. The number of hydrogen-bond donors (Lipinski definition) is 1. The van der Waals surface area contributed by atoms with Crippen molar-refractivity contribution in [3.8, 4) is 17.0 Å². The van der Waals surface area contributed by atoms with E-state index in [9.17, 15) is 18.0 Å². The summed E-state index contributed by atoms with van der Waals surface area (Å²) in [6.07, 6.45) is 9.83. The number of carbonyl (C=O) groups is 2. The second-order valence-electron chi connectivity index (χ2n) is 13.6. The molecule has 0 unspecified atom stereocenters. The molecule has 2 fully saturated rings. The maximum Gasteiger partial charge on any atom is 0.263 e. The first-order valence-electron chi connectivity index (χ1n) is 16.8. The number of unbranched alkanes of at least 4 members (excludes halogenated alkanes) is 1. The SMILES string of the molecule is CCCCC1=NC2(CCCC2)C(=O)N1Cc1ccc(-c2ccccc2S(=O)(=O)Nc2nccnc2OC)c(CN2CCC(C)(C)C2=O)c1. The van der Waals surface area contributed by atoms with Crippen molar-refractivity contribution in [2.45, 2.75) is 95.7 Å². The van der Waals surface area contributed by atoms with E-state index in [1.807, 2.05) is 41.8 Å².